The quantitative estimate of drug-likeness (QED) is 0.692. The molecule has 0 fully saturated rings. The van der Waals surface area contributed by atoms with Crippen LogP contribution in [0.5, 0.6) is 0 Å². The molecule has 0 N–H and O–H groups in total. The third-order valence-corrected chi connectivity index (χ3v) is 5.63. The highest BCUT2D eigenvalue weighted by Gasteiger charge is 2.32. The van der Waals surface area contributed by atoms with Crippen LogP contribution in [-0.4, -0.2) is 24.7 Å². The van der Waals surface area contributed by atoms with E-state index in [4.69, 9.17) is 0 Å². The monoisotopic (exact) mass is 250 g/mol. The average Bonchev–Trinajstić information content (AvgIpc) is 1.99. The smallest absolute Gasteiger partial charge is 0.312 e. The molecule has 0 aliphatic carbocycles. The van der Waals surface area contributed by atoms with Gasteiger partial charge in [-0.2, -0.15) is 13.2 Å². The maximum atomic E-state index is 11.7. The van der Waals surface area contributed by atoms with Gasteiger partial charge in [-0.25, -0.2) is 0 Å². The number of hydrogen-bond acceptors (Lipinski definition) is 3. The minimum Gasteiger partial charge on any atom is -0.312 e. The van der Waals surface area contributed by atoms with Crippen LogP contribution in [0.4, 0.5) is 13.2 Å². The second-order valence-electron chi connectivity index (χ2n) is 2.98. The summed E-state index contributed by atoms with van der Waals surface area (Å²) in [6.07, 6.45) is -3.67. The summed E-state index contributed by atoms with van der Waals surface area (Å²) >= 11 is 0.976. The molecule has 0 aromatic carbocycles. The van der Waals surface area contributed by atoms with Gasteiger partial charge in [0.1, 0.15) is 0 Å². The molecule has 0 heterocycles. The van der Waals surface area contributed by atoms with Crippen LogP contribution in [-0.2, 0) is 9.09 Å². The Bertz CT molecular complexity index is 219. The summed E-state index contributed by atoms with van der Waals surface area (Å²) in [6, 6.07) is 0. The van der Waals surface area contributed by atoms with Gasteiger partial charge in [-0.3, -0.25) is 4.57 Å². The predicted octanol–water partition coefficient (Wildman–Crippen LogP) is 3.92. The summed E-state index contributed by atoms with van der Waals surface area (Å²) in [5, 5.41) is 0.0408. The first kappa shape index (κ1) is 14.3. The second-order valence-corrected chi connectivity index (χ2v) is 8.42. The molecule has 0 radical (unpaired) electrons. The van der Waals surface area contributed by atoms with E-state index in [1.165, 1.54) is 6.66 Å². The minimum atomic E-state index is -4.41. The van der Waals surface area contributed by atoms with E-state index in [-0.39, 0.29) is 5.25 Å². The molecule has 0 saturated carbocycles. The van der Waals surface area contributed by atoms with Gasteiger partial charge in [0.2, 0.25) is 0 Å². The van der Waals surface area contributed by atoms with Crippen LogP contribution < -0.4 is 0 Å². The van der Waals surface area contributed by atoms with Crippen molar-refractivity contribution >= 4 is 18.0 Å². The van der Waals surface area contributed by atoms with Crippen molar-refractivity contribution in [1.82, 2.24) is 0 Å². The highest BCUT2D eigenvalue weighted by Crippen LogP contribution is 2.59. The van der Waals surface area contributed by atoms with E-state index in [2.05, 4.69) is 4.52 Å². The van der Waals surface area contributed by atoms with E-state index in [1.807, 2.05) is 6.92 Å². The molecule has 2 unspecified atom stereocenters. The molecule has 0 bridgehead atoms. The topological polar surface area (TPSA) is 26.3 Å². The highest BCUT2D eigenvalue weighted by atomic mass is 32.7. The first-order valence-electron chi connectivity index (χ1n) is 4.13. The van der Waals surface area contributed by atoms with Gasteiger partial charge in [-0.15, -0.1) is 0 Å². The van der Waals surface area contributed by atoms with Gasteiger partial charge in [0.25, 0.3) is 6.57 Å². The maximum absolute atomic E-state index is 11.7. The Hall–Kier alpha value is 0.330. The van der Waals surface area contributed by atoms with Crippen LogP contribution in [0.2, 0.25) is 0 Å². The van der Waals surface area contributed by atoms with Crippen LogP contribution in [0.25, 0.3) is 0 Å². The number of halogens is 3. The molecule has 0 saturated heterocycles. The van der Waals surface area contributed by atoms with Crippen molar-refractivity contribution in [3.63, 3.8) is 0 Å². The largest absolute Gasteiger partial charge is 0.412 e. The lowest BCUT2D eigenvalue weighted by atomic mass is 10.4. The average molecular weight is 250 g/mol. The summed E-state index contributed by atoms with van der Waals surface area (Å²) in [6.45, 7) is 0.292. The Balaban J connectivity index is 4.02. The fraction of sp³-hybridized carbons (Fsp3) is 1.00. The van der Waals surface area contributed by atoms with Crippen molar-refractivity contribution in [2.75, 3.05) is 13.3 Å². The molecule has 14 heavy (non-hydrogen) atoms. The highest BCUT2D eigenvalue weighted by molar-refractivity contribution is 8.56. The fourth-order valence-electron chi connectivity index (χ4n) is 0.622. The van der Waals surface area contributed by atoms with Crippen molar-refractivity contribution in [2.24, 2.45) is 0 Å². The Morgan fingerprint density at radius 3 is 2.36 bits per heavy atom. The van der Waals surface area contributed by atoms with E-state index in [0.29, 0.717) is 0 Å². The van der Waals surface area contributed by atoms with E-state index in [9.17, 15) is 17.7 Å². The summed E-state index contributed by atoms with van der Waals surface area (Å²) < 4.78 is 51.1. The molecule has 86 valence electrons. The molecule has 7 heteroatoms. The molecular weight excluding hydrogens is 236 g/mol. The van der Waals surface area contributed by atoms with Gasteiger partial charge in [0, 0.05) is 11.9 Å². The second kappa shape index (κ2) is 5.42. The molecule has 0 aliphatic rings. The third-order valence-electron chi connectivity index (χ3n) is 1.41. The number of rotatable bonds is 5. The lowest BCUT2D eigenvalue weighted by Gasteiger charge is -2.17. The van der Waals surface area contributed by atoms with E-state index >= 15 is 0 Å². The normalized spacial score (nSPS) is 19.0. The summed E-state index contributed by atoms with van der Waals surface area (Å²) in [4.78, 5) is 0. The molecule has 0 rings (SSSR count). The van der Waals surface area contributed by atoms with Crippen LogP contribution in [0.1, 0.15) is 20.3 Å². The third kappa shape index (κ3) is 7.71. The Labute approximate surface area is 85.8 Å². The van der Waals surface area contributed by atoms with Gasteiger partial charge in [-0.1, -0.05) is 25.2 Å². The zero-order chi connectivity index (χ0) is 11.4. The zero-order valence-electron chi connectivity index (χ0n) is 8.30. The lowest BCUT2D eigenvalue weighted by molar-refractivity contribution is -0.152. The van der Waals surface area contributed by atoms with E-state index in [0.717, 1.165) is 17.8 Å². The number of alkyl halides is 3. The fourth-order valence-corrected chi connectivity index (χ4v) is 4.62. The first-order chi connectivity index (χ1) is 6.16. The molecule has 2 nitrogen and oxygen atoms in total. The molecule has 0 aromatic rings. The van der Waals surface area contributed by atoms with Crippen LogP contribution in [0.3, 0.4) is 0 Å². The summed E-state index contributed by atoms with van der Waals surface area (Å²) in [7, 11) is 0. The van der Waals surface area contributed by atoms with E-state index < -0.39 is 19.4 Å². The molecular formula is C7H14F3O2PS. The van der Waals surface area contributed by atoms with Crippen molar-refractivity contribution in [3.8, 4) is 0 Å². The van der Waals surface area contributed by atoms with E-state index in [1.54, 1.807) is 6.92 Å². The van der Waals surface area contributed by atoms with Crippen molar-refractivity contribution in [2.45, 2.75) is 31.7 Å². The zero-order valence-corrected chi connectivity index (χ0v) is 10.0. The van der Waals surface area contributed by atoms with Crippen molar-refractivity contribution in [1.29, 1.82) is 0 Å². The predicted molar refractivity (Wildman–Crippen MR) is 52.9 cm³/mol. The van der Waals surface area contributed by atoms with Crippen LogP contribution in [0, 0.1) is 0 Å². The Morgan fingerprint density at radius 2 is 2.00 bits per heavy atom. The van der Waals surface area contributed by atoms with Gasteiger partial charge in [0.15, 0.2) is 6.61 Å². The molecule has 0 aliphatic heterocycles. The number of hydrogen-bond donors (Lipinski definition) is 0. The summed E-state index contributed by atoms with van der Waals surface area (Å²) in [5.74, 6) is 0. The standard InChI is InChI=1S/C7H14F3O2PS/c1-4-6(2)14-13(3,11)12-5-7(8,9)10/h6H,4-5H2,1-3H3. The van der Waals surface area contributed by atoms with Crippen molar-refractivity contribution in [3.05, 3.63) is 0 Å². The minimum absolute atomic E-state index is 0.0408. The maximum Gasteiger partial charge on any atom is 0.412 e. The molecule has 0 aromatic heterocycles. The van der Waals surface area contributed by atoms with Crippen molar-refractivity contribution < 1.29 is 22.3 Å². The van der Waals surface area contributed by atoms with Gasteiger partial charge < -0.3 is 4.52 Å². The van der Waals surface area contributed by atoms with Gasteiger partial charge in [0.05, 0.1) is 0 Å². The molecule has 2 atom stereocenters. The lowest BCUT2D eigenvalue weighted by Crippen LogP contribution is -2.15. The van der Waals surface area contributed by atoms with Crippen LogP contribution >= 0.6 is 18.0 Å². The first-order valence-corrected chi connectivity index (χ1v) is 7.69. The van der Waals surface area contributed by atoms with Gasteiger partial charge >= 0.3 is 6.18 Å². The van der Waals surface area contributed by atoms with Crippen LogP contribution in [0.15, 0.2) is 0 Å². The Kier molecular flexibility index (Phi) is 5.55. The molecule has 0 spiro atoms. The van der Waals surface area contributed by atoms with Gasteiger partial charge in [-0.05, 0) is 6.42 Å². The summed E-state index contributed by atoms with van der Waals surface area (Å²) in [5.41, 5.74) is 0. The SMILES string of the molecule is CCC(C)SP(C)(=O)OCC(F)(F)F. The molecule has 0 amide bonds. The Morgan fingerprint density at radius 1 is 1.50 bits per heavy atom.